The van der Waals surface area contributed by atoms with E-state index in [4.69, 9.17) is 28.9 Å². The molecule has 0 radical (unpaired) electrons. The molecule has 0 saturated carbocycles. The van der Waals surface area contributed by atoms with Crippen LogP contribution in [0, 0.1) is 0 Å². The lowest BCUT2D eigenvalue weighted by molar-refractivity contribution is 0.0962. The van der Waals surface area contributed by atoms with E-state index < -0.39 is 5.91 Å². The molecule has 0 aliphatic heterocycles. The first-order chi connectivity index (χ1) is 13.5. The van der Waals surface area contributed by atoms with E-state index in [1.165, 1.54) is 36.9 Å². The summed E-state index contributed by atoms with van der Waals surface area (Å²) in [5.41, 5.74) is 13.4. The number of rotatable bonds is 7. The van der Waals surface area contributed by atoms with E-state index in [2.05, 4.69) is 32.2 Å². The Hall–Kier alpha value is -2.51. The first-order valence-electron chi connectivity index (χ1n) is 9.08. The third-order valence-corrected chi connectivity index (χ3v) is 5.03. The molecule has 1 amide bonds. The molecular formula is C19H22Cl2N6O. The average Bonchev–Trinajstić information content (AvgIpc) is 2.69. The van der Waals surface area contributed by atoms with Gasteiger partial charge in [-0.3, -0.25) is 15.6 Å². The fraction of sp³-hybridized carbons (Fsp3) is 0.316. The Morgan fingerprint density at radius 2 is 2.00 bits per heavy atom. The van der Waals surface area contributed by atoms with Crippen molar-refractivity contribution in [2.75, 3.05) is 23.0 Å². The number of benzene rings is 1. The summed E-state index contributed by atoms with van der Waals surface area (Å²) in [5.74, 6) is 0.388. The molecule has 0 bridgehead atoms. The lowest BCUT2D eigenvalue weighted by Crippen LogP contribution is -2.30. The maximum absolute atomic E-state index is 12.3. The van der Waals surface area contributed by atoms with E-state index in [0.717, 1.165) is 25.8 Å². The quantitative estimate of drug-likeness (QED) is 0.390. The Balaban J connectivity index is 1.57. The van der Waals surface area contributed by atoms with Crippen molar-refractivity contribution in [1.82, 2.24) is 15.4 Å². The number of nitrogens with two attached hydrogens (primary N) is 1. The summed E-state index contributed by atoms with van der Waals surface area (Å²) < 4.78 is 0. The minimum absolute atomic E-state index is 0.252. The number of hydrogen-bond acceptors (Lipinski definition) is 6. The van der Waals surface area contributed by atoms with Gasteiger partial charge in [0, 0.05) is 11.6 Å². The zero-order valence-electron chi connectivity index (χ0n) is 15.3. The van der Waals surface area contributed by atoms with Crippen LogP contribution in [0.4, 0.5) is 17.3 Å². The van der Waals surface area contributed by atoms with Crippen molar-refractivity contribution in [2.24, 2.45) is 0 Å². The minimum atomic E-state index is -0.432. The summed E-state index contributed by atoms with van der Waals surface area (Å²) >= 11 is 11.9. The lowest BCUT2D eigenvalue weighted by Gasteiger charge is -2.15. The molecule has 2 aromatic rings. The van der Waals surface area contributed by atoms with Crippen molar-refractivity contribution in [1.29, 1.82) is 0 Å². The topological polar surface area (TPSA) is 105 Å². The first-order valence-corrected chi connectivity index (χ1v) is 9.84. The smallest absolute Gasteiger partial charge is 0.271 e. The summed E-state index contributed by atoms with van der Waals surface area (Å²) in [7, 11) is 0. The zero-order valence-corrected chi connectivity index (χ0v) is 16.8. The van der Waals surface area contributed by atoms with Gasteiger partial charge >= 0.3 is 0 Å². The average molecular weight is 421 g/mol. The molecule has 148 valence electrons. The molecule has 0 saturated heterocycles. The van der Waals surface area contributed by atoms with Crippen LogP contribution >= 0.6 is 23.2 Å². The van der Waals surface area contributed by atoms with Crippen molar-refractivity contribution in [3.8, 4) is 0 Å². The van der Waals surface area contributed by atoms with Crippen LogP contribution in [0.15, 0.2) is 36.2 Å². The van der Waals surface area contributed by atoms with Crippen molar-refractivity contribution in [3.63, 3.8) is 0 Å². The van der Waals surface area contributed by atoms with Gasteiger partial charge in [-0.1, -0.05) is 34.9 Å². The van der Waals surface area contributed by atoms with Gasteiger partial charge in [-0.15, -0.1) is 0 Å². The minimum Gasteiger partial charge on any atom is -0.393 e. The van der Waals surface area contributed by atoms with Gasteiger partial charge in [-0.2, -0.15) is 0 Å². The summed E-state index contributed by atoms with van der Waals surface area (Å²) in [5, 5.41) is 3.93. The van der Waals surface area contributed by atoms with Gasteiger partial charge in [0.2, 0.25) is 0 Å². The largest absolute Gasteiger partial charge is 0.393 e. The number of anilines is 3. The SMILES string of the molecule is Nc1c(NCCC2=CCCCC2)ncnc1NNC(=O)c1ccc(Cl)cc1Cl. The molecule has 7 nitrogen and oxygen atoms in total. The number of allylic oxidation sites excluding steroid dienone is 1. The molecule has 1 aromatic carbocycles. The second-order valence-electron chi connectivity index (χ2n) is 6.47. The number of halogens is 2. The maximum Gasteiger partial charge on any atom is 0.271 e. The highest BCUT2D eigenvalue weighted by molar-refractivity contribution is 6.36. The molecule has 1 heterocycles. The van der Waals surface area contributed by atoms with Gasteiger partial charge in [-0.05, 0) is 50.3 Å². The van der Waals surface area contributed by atoms with E-state index in [9.17, 15) is 4.79 Å². The van der Waals surface area contributed by atoms with Crippen molar-refractivity contribution in [2.45, 2.75) is 32.1 Å². The van der Waals surface area contributed by atoms with E-state index >= 15 is 0 Å². The number of nitrogen functional groups attached to an aromatic ring is 1. The van der Waals surface area contributed by atoms with Crippen LogP contribution < -0.4 is 21.9 Å². The molecular weight excluding hydrogens is 399 g/mol. The summed E-state index contributed by atoms with van der Waals surface area (Å²) in [6.45, 7) is 0.735. The van der Waals surface area contributed by atoms with Crippen molar-refractivity contribution in [3.05, 3.63) is 51.8 Å². The Morgan fingerprint density at radius 3 is 2.75 bits per heavy atom. The second-order valence-corrected chi connectivity index (χ2v) is 7.32. The molecule has 0 unspecified atom stereocenters. The van der Waals surface area contributed by atoms with E-state index in [1.54, 1.807) is 6.07 Å². The molecule has 1 aliphatic carbocycles. The van der Waals surface area contributed by atoms with Crippen LogP contribution in [0.1, 0.15) is 42.5 Å². The molecule has 3 rings (SSSR count). The van der Waals surface area contributed by atoms with Gasteiger partial charge in [0.05, 0.1) is 10.6 Å². The number of aromatic nitrogens is 2. The van der Waals surface area contributed by atoms with E-state index in [-0.39, 0.29) is 10.6 Å². The maximum atomic E-state index is 12.3. The number of carbonyl (C=O) groups is 1. The summed E-state index contributed by atoms with van der Waals surface area (Å²) in [4.78, 5) is 20.5. The van der Waals surface area contributed by atoms with Crippen LogP contribution in [0.5, 0.6) is 0 Å². The van der Waals surface area contributed by atoms with Crippen LogP contribution in [-0.4, -0.2) is 22.4 Å². The molecule has 5 N–H and O–H groups in total. The molecule has 0 spiro atoms. The predicted molar refractivity (Wildman–Crippen MR) is 114 cm³/mol. The summed E-state index contributed by atoms with van der Waals surface area (Å²) in [6.07, 6.45) is 9.51. The predicted octanol–water partition coefficient (Wildman–Crippen LogP) is 4.42. The van der Waals surface area contributed by atoms with Crippen LogP contribution in [0.2, 0.25) is 10.0 Å². The second kappa shape index (κ2) is 9.61. The Morgan fingerprint density at radius 1 is 1.18 bits per heavy atom. The fourth-order valence-electron chi connectivity index (χ4n) is 2.97. The Bertz CT molecular complexity index is 887. The molecule has 0 fully saturated rings. The van der Waals surface area contributed by atoms with E-state index in [1.807, 2.05) is 0 Å². The normalized spacial score (nSPS) is 13.6. The number of hydrogen-bond donors (Lipinski definition) is 4. The number of amides is 1. The van der Waals surface area contributed by atoms with Crippen LogP contribution in [-0.2, 0) is 0 Å². The summed E-state index contributed by atoms with van der Waals surface area (Å²) in [6, 6.07) is 4.63. The molecule has 9 heteroatoms. The van der Waals surface area contributed by atoms with Gasteiger partial charge < -0.3 is 11.1 Å². The van der Waals surface area contributed by atoms with Crippen LogP contribution in [0.3, 0.4) is 0 Å². The zero-order chi connectivity index (χ0) is 19.9. The number of carbonyl (C=O) groups excluding carboxylic acids is 1. The van der Waals surface area contributed by atoms with Gasteiger partial charge in [0.15, 0.2) is 11.6 Å². The molecule has 28 heavy (non-hydrogen) atoms. The van der Waals surface area contributed by atoms with Crippen molar-refractivity contribution >= 4 is 46.4 Å². The molecule has 1 aromatic heterocycles. The van der Waals surface area contributed by atoms with Gasteiger partial charge in [0.1, 0.15) is 12.0 Å². The van der Waals surface area contributed by atoms with Crippen LogP contribution in [0.25, 0.3) is 0 Å². The third-order valence-electron chi connectivity index (χ3n) is 4.48. The number of nitrogens with one attached hydrogen (secondary N) is 3. The lowest BCUT2D eigenvalue weighted by atomic mass is 9.97. The third kappa shape index (κ3) is 5.27. The van der Waals surface area contributed by atoms with Crippen molar-refractivity contribution < 1.29 is 4.79 Å². The highest BCUT2D eigenvalue weighted by atomic mass is 35.5. The highest BCUT2D eigenvalue weighted by Crippen LogP contribution is 2.24. The first kappa shape index (κ1) is 20.2. The van der Waals surface area contributed by atoms with Gasteiger partial charge in [0.25, 0.3) is 5.91 Å². The Labute approximate surface area is 173 Å². The molecule has 0 atom stereocenters. The highest BCUT2D eigenvalue weighted by Gasteiger charge is 2.13. The van der Waals surface area contributed by atoms with E-state index in [0.29, 0.717) is 22.3 Å². The molecule has 1 aliphatic rings. The van der Waals surface area contributed by atoms with Gasteiger partial charge in [-0.25, -0.2) is 9.97 Å². The number of nitrogens with zero attached hydrogens (tertiary/aromatic N) is 2. The monoisotopic (exact) mass is 420 g/mol. The fourth-order valence-corrected chi connectivity index (χ4v) is 3.46. The number of hydrazine groups is 1. The Kier molecular flexibility index (Phi) is 6.95. The standard InChI is InChI=1S/C19H22Cl2N6O/c20-13-6-7-14(15(21)10-13)19(28)27-26-18-16(22)17(24-11-25-18)23-9-8-12-4-2-1-3-5-12/h4,6-7,10-11H,1-3,5,8-9,22H2,(H,27,28)(H2,23,24,25,26).